The first kappa shape index (κ1) is 37.5. The number of aromatic nitrogens is 1. The number of nitrogens with zero attached hydrogens (tertiary/aromatic N) is 3. The largest absolute Gasteiger partial charge is 0.372 e. The minimum atomic E-state index is 0.795. The molecule has 0 fully saturated rings. The zero-order valence-electron chi connectivity index (χ0n) is 35.2. The Bertz CT molecular complexity index is 3240. The van der Waals surface area contributed by atoms with Gasteiger partial charge in [-0.25, -0.2) is 0 Å². The quantitative estimate of drug-likeness (QED) is 0.133. The number of anilines is 1. The van der Waals surface area contributed by atoms with E-state index in [1.807, 2.05) is 0 Å². The van der Waals surface area contributed by atoms with Gasteiger partial charge in [0, 0.05) is 60.3 Å². The molecule has 0 spiro atoms. The second-order valence-corrected chi connectivity index (χ2v) is 16.4. The van der Waals surface area contributed by atoms with Crippen LogP contribution in [0.4, 0.5) is 5.69 Å². The van der Waals surface area contributed by atoms with E-state index >= 15 is 0 Å². The van der Waals surface area contributed by atoms with Gasteiger partial charge in [-0.3, -0.25) is 4.99 Å². The van der Waals surface area contributed by atoms with Gasteiger partial charge in [-0.1, -0.05) is 152 Å². The molecule has 0 saturated carbocycles. The predicted octanol–water partition coefficient (Wildman–Crippen LogP) is 15.1. The summed E-state index contributed by atoms with van der Waals surface area (Å²) in [7, 11) is 0. The van der Waals surface area contributed by atoms with Crippen molar-refractivity contribution < 1.29 is 0 Å². The highest BCUT2D eigenvalue weighted by Crippen LogP contribution is 2.45. The molecule has 11 rings (SSSR count). The molecule has 1 aliphatic heterocycles. The highest BCUT2D eigenvalue weighted by atomic mass is 15.1. The van der Waals surface area contributed by atoms with Crippen LogP contribution < -0.4 is 4.90 Å². The Kier molecular flexibility index (Phi) is 9.58. The van der Waals surface area contributed by atoms with Crippen molar-refractivity contribution in [3.05, 3.63) is 205 Å². The summed E-state index contributed by atoms with van der Waals surface area (Å²) in [6.45, 7) is 7.19. The van der Waals surface area contributed by atoms with E-state index in [1.54, 1.807) is 0 Å². The summed E-state index contributed by atoms with van der Waals surface area (Å²) in [4.78, 5) is 7.19. The van der Waals surface area contributed by atoms with Gasteiger partial charge in [-0.2, -0.15) is 0 Å². The first-order chi connectivity index (χ1) is 30.7. The van der Waals surface area contributed by atoms with Crippen LogP contribution in [-0.4, -0.2) is 30.4 Å². The van der Waals surface area contributed by atoms with Crippen molar-refractivity contribution in [3.8, 4) is 61.3 Å². The lowest BCUT2D eigenvalue weighted by Crippen LogP contribution is -2.21. The van der Waals surface area contributed by atoms with Crippen LogP contribution in [-0.2, 0) is 6.42 Å². The van der Waals surface area contributed by atoms with E-state index in [0.29, 0.717) is 0 Å². The van der Waals surface area contributed by atoms with Gasteiger partial charge in [0.25, 0.3) is 0 Å². The van der Waals surface area contributed by atoms with Crippen LogP contribution in [0.1, 0.15) is 25.1 Å². The third-order valence-corrected chi connectivity index (χ3v) is 12.9. The molecule has 1 aliphatic rings. The maximum absolute atomic E-state index is 4.76. The Morgan fingerprint density at radius 1 is 0.435 bits per heavy atom. The standard InChI is InChI=1S/C59H47N3/c1-3-61(4-2)49-36-46(41-18-9-6-10-19-41)34-47(37-49)42-26-28-43(29-27-42)58-50-22-11-13-24-52(50)59(53-25-14-12-23-51(53)58)45-20-15-21-48(35-45)62-56-31-30-44(40-16-7-5-8-17-40)38-54(56)55-39-60-33-32-57(55)62/h5-31,34-39H,3-4,32-33H2,1-2H3. The second kappa shape index (κ2) is 15.8. The molecule has 1 aromatic heterocycles. The Balaban J connectivity index is 1.04. The van der Waals surface area contributed by atoms with Gasteiger partial charge < -0.3 is 9.47 Å². The highest BCUT2D eigenvalue weighted by Gasteiger charge is 2.22. The average Bonchev–Trinajstić information content (AvgIpc) is 3.68. The minimum absolute atomic E-state index is 0.795. The maximum atomic E-state index is 4.76. The van der Waals surface area contributed by atoms with Crippen LogP contribution in [0.3, 0.4) is 0 Å². The molecule has 0 saturated heterocycles. The van der Waals surface area contributed by atoms with Crippen molar-refractivity contribution >= 4 is 44.3 Å². The van der Waals surface area contributed by atoms with Crippen molar-refractivity contribution in [2.45, 2.75) is 20.3 Å². The Labute approximate surface area is 363 Å². The summed E-state index contributed by atoms with van der Waals surface area (Å²) in [6.07, 6.45) is 2.99. The molecule has 10 aromatic rings. The maximum Gasteiger partial charge on any atom is 0.0538 e. The molecule has 0 unspecified atom stereocenters. The molecule has 0 aliphatic carbocycles. The molecule has 62 heavy (non-hydrogen) atoms. The summed E-state index contributed by atoms with van der Waals surface area (Å²) < 4.78 is 2.48. The second-order valence-electron chi connectivity index (χ2n) is 16.4. The van der Waals surface area contributed by atoms with Crippen LogP contribution in [0.5, 0.6) is 0 Å². The first-order valence-corrected chi connectivity index (χ1v) is 22.0. The molecule has 0 N–H and O–H groups in total. The predicted molar refractivity (Wildman–Crippen MR) is 265 cm³/mol. The Morgan fingerprint density at radius 3 is 1.56 bits per heavy atom. The monoisotopic (exact) mass is 797 g/mol. The summed E-state index contributed by atoms with van der Waals surface area (Å²) in [5.41, 5.74) is 18.5. The smallest absolute Gasteiger partial charge is 0.0538 e. The number of hydrogen-bond acceptors (Lipinski definition) is 2. The fraction of sp³-hybridized carbons (Fsp3) is 0.102. The molecule has 0 bridgehead atoms. The van der Waals surface area contributed by atoms with Gasteiger partial charge >= 0.3 is 0 Å². The molecular formula is C59H47N3. The fourth-order valence-electron chi connectivity index (χ4n) is 9.92. The van der Waals surface area contributed by atoms with Crippen LogP contribution in [0, 0.1) is 0 Å². The lowest BCUT2D eigenvalue weighted by atomic mass is 9.85. The van der Waals surface area contributed by atoms with Crippen LogP contribution >= 0.6 is 0 Å². The molecule has 3 nitrogen and oxygen atoms in total. The average molecular weight is 798 g/mol. The Hall–Kier alpha value is -7.49. The molecule has 9 aromatic carbocycles. The number of hydrogen-bond donors (Lipinski definition) is 0. The minimum Gasteiger partial charge on any atom is -0.372 e. The van der Waals surface area contributed by atoms with Crippen LogP contribution in [0.2, 0.25) is 0 Å². The number of benzene rings is 9. The van der Waals surface area contributed by atoms with E-state index < -0.39 is 0 Å². The SMILES string of the molecule is CCN(CC)c1cc(-c2ccccc2)cc(-c2ccc(-c3c4ccccc4c(-c4cccc(-n5c6c(c7cc(-c8ccccc8)ccc75)C=NCC6)c4)c4ccccc34)cc2)c1. The molecule has 3 heteroatoms. The normalized spacial score (nSPS) is 12.3. The van der Waals surface area contributed by atoms with Crippen LogP contribution in [0.25, 0.3) is 93.8 Å². The third-order valence-electron chi connectivity index (χ3n) is 12.9. The topological polar surface area (TPSA) is 20.5 Å². The summed E-state index contributed by atoms with van der Waals surface area (Å²) in [5, 5.41) is 6.25. The summed E-state index contributed by atoms with van der Waals surface area (Å²) in [5.74, 6) is 0. The van der Waals surface area contributed by atoms with E-state index in [4.69, 9.17) is 4.99 Å². The van der Waals surface area contributed by atoms with E-state index in [9.17, 15) is 0 Å². The highest BCUT2D eigenvalue weighted by molar-refractivity contribution is 6.21. The number of fused-ring (bicyclic) bond motifs is 5. The number of rotatable bonds is 9. The molecule has 2 heterocycles. The summed E-state index contributed by atoms with van der Waals surface area (Å²) >= 11 is 0. The van der Waals surface area contributed by atoms with E-state index in [-0.39, 0.29) is 0 Å². The molecule has 0 radical (unpaired) electrons. The van der Waals surface area contributed by atoms with Crippen molar-refractivity contribution in [3.63, 3.8) is 0 Å². The molecular weight excluding hydrogens is 751 g/mol. The van der Waals surface area contributed by atoms with Crippen molar-refractivity contribution in [1.29, 1.82) is 0 Å². The fourth-order valence-corrected chi connectivity index (χ4v) is 9.92. The van der Waals surface area contributed by atoms with E-state index in [1.165, 1.54) is 111 Å². The van der Waals surface area contributed by atoms with Gasteiger partial charge in [0.2, 0.25) is 0 Å². The van der Waals surface area contributed by atoms with Crippen LogP contribution in [0.15, 0.2) is 199 Å². The van der Waals surface area contributed by atoms with E-state index in [0.717, 1.165) is 26.1 Å². The van der Waals surface area contributed by atoms with Crippen molar-refractivity contribution in [1.82, 2.24) is 4.57 Å². The van der Waals surface area contributed by atoms with E-state index in [2.05, 4.69) is 224 Å². The van der Waals surface area contributed by atoms with Crippen molar-refractivity contribution in [2.75, 3.05) is 24.5 Å². The molecule has 0 atom stereocenters. The Morgan fingerprint density at radius 2 is 0.952 bits per heavy atom. The zero-order chi connectivity index (χ0) is 41.6. The van der Waals surface area contributed by atoms with Gasteiger partial charge in [0.15, 0.2) is 0 Å². The lowest BCUT2D eigenvalue weighted by Gasteiger charge is -2.23. The number of aliphatic imine (C=N–C) groups is 1. The zero-order valence-corrected chi connectivity index (χ0v) is 35.2. The first-order valence-electron chi connectivity index (χ1n) is 22.0. The molecule has 298 valence electrons. The van der Waals surface area contributed by atoms with Gasteiger partial charge in [0.1, 0.15) is 0 Å². The third kappa shape index (κ3) is 6.49. The van der Waals surface area contributed by atoms with Gasteiger partial charge in [0.05, 0.1) is 5.52 Å². The van der Waals surface area contributed by atoms with Gasteiger partial charge in [-0.05, 0) is 133 Å². The van der Waals surface area contributed by atoms with Crippen molar-refractivity contribution in [2.24, 2.45) is 4.99 Å². The summed E-state index contributed by atoms with van der Waals surface area (Å²) in [6, 6.07) is 71.7. The van der Waals surface area contributed by atoms with Gasteiger partial charge in [-0.15, -0.1) is 0 Å². The molecule has 0 amide bonds. The lowest BCUT2D eigenvalue weighted by molar-refractivity contribution is 0.867.